The smallest absolute Gasteiger partial charge is 0.340 e. The molecule has 1 aromatic heterocycles. The number of methoxy groups -OCH3 is 2. The molecule has 0 unspecified atom stereocenters. The van der Waals surface area contributed by atoms with Gasteiger partial charge in [0.05, 0.1) is 50.6 Å². The highest BCUT2D eigenvalue weighted by Crippen LogP contribution is 2.33. The third-order valence-electron chi connectivity index (χ3n) is 6.65. The molecule has 2 heterocycles. The summed E-state index contributed by atoms with van der Waals surface area (Å²) in [4.78, 5) is 64.0. The van der Waals surface area contributed by atoms with Gasteiger partial charge in [-0.3, -0.25) is 14.4 Å². The summed E-state index contributed by atoms with van der Waals surface area (Å²) in [6.07, 6.45) is 1.43. The number of hydrogen-bond donors (Lipinski definition) is 2. The Hall–Kier alpha value is -5.65. The van der Waals surface area contributed by atoms with Gasteiger partial charge in [-0.05, 0) is 74.0 Å². The van der Waals surface area contributed by atoms with Crippen LogP contribution in [0.25, 0.3) is 6.08 Å². The van der Waals surface area contributed by atoms with Gasteiger partial charge in [0, 0.05) is 11.4 Å². The molecule has 1 aliphatic rings. The fourth-order valence-corrected chi connectivity index (χ4v) is 4.38. The highest BCUT2D eigenvalue weighted by Gasteiger charge is 2.37. The molecule has 44 heavy (non-hydrogen) atoms. The Kier molecular flexibility index (Phi) is 9.96. The highest BCUT2D eigenvalue weighted by atomic mass is 16.5. The van der Waals surface area contributed by atoms with Gasteiger partial charge in [-0.15, -0.1) is 0 Å². The van der Waals surface area contributed by atoms with Gasteiger partial charge >= 0.3 is 23.8 Å². The summed E-state index contributed by atoms with van der Waals surface area (Å²) < 4.78 is 20.8. The molecule has 1 aliphatic heterocycles. The van der Waals surface area contributed by atoms with Crippen LogP contribution in [0.15, 0.2) is 81.9 Å². The van der Waals surface area contributed by atoms with Crippen LogP contribution in [0.5, 0.6) is 5.75 Å². The van der Waals surface area contributed by atoms with Crippen molar-refractivity contribution in [2.75, 3.05) is 26.1 Å². The number of allylic oxidation sites excluding steroid dienone is 1. The Morgan fingerprint density at radius 2 is 1.61 bits per heavy atom. The predicted octanol–water partition coefficient (Wildman–Crippen LogP) is 3.59. The lowest BCUT2D eigenvalue weighted by molar-refractivity contribution is -0.136. The van der Waals surface area contributed by atoms with Gasteiger partial charge in [-0.1, -0.05) is 12.1 Å². The second kappa shape index (κ2) is 14.0. The topological polar surface area (TPSA) is 153 Å². The van der Waals surface area contributed by atoms with Crippen molar-refractivity contribution in [3.8, 4) is 5.75 Å². The summed E-state index contributed by atoms with van der Waals surface area (Å²) in [5, 5.41) is 4.91. The zero-order chi connectivity index (χ0) is 31.8. The Bertz CT molecular complexity index is 1630. The zero-order valence-electron chi connectivity index (χ0n) is 24.6. The first-order chi connectivity index (χ1) is 21.1. The second-order valence-corrected chi connectivity index (χ2v) is 9.49. The molecule has 0 aliphatic carbocycles. The van der Waals surface area contributed by atoms with E-state index in [1.807, 2.05) is 12.1 Å². The minimum Gasteiger partial charge on any atom is -0.497 e. The monoisotopic (exact) mass is 601 g/mol. The van der Waals surface area contributed by atoms with Gasteiger partial charge in [0.25, 0.3) is 5.91 Å². The van der Waals surface area contributed by atoms with Crippen molar-refractivity contribution in [3.05, 3.63) is 100 Å². The third kappa shape index (κ3) is 7.21. The van der Waals surface area contributed by atoms with E-state index >= 15 is 0 Å². The molecule has 0 spiro atoms. The molecule has 2 aromatic carbocycles. The molecule has 0 saturated heterocycles. The van der Waals surface area contributed by atoms with Crippen molar-refractivity contribution in [2.24, 2.45) is 0 Å². The summed E-state index contributed by atoms with van der Waals surface area (Å²) in [6.45, 7) is 3.70. The normalized spacial score (nSPS) is 13.6. The number of nitrogens with one attached hydrogen (secondary N) is 2. The molecule has 0 fully saturated rings. The molecule has 2 N–H and O–H groups in total. The Morgan fingerprint density at radius 1 is 0.909 bits per heavy atom. The van der Waals surface area contributed by atoms with E-state index in [0.29, 0.717) is 28.5 Å². The van der Waals surface area contributed by atoms with E-state index in [0.717, 1.165) is 5.56 Å². The summed E-state index contributed by atoms with van der Waals surface area (Å²) in [5.74, 6) is -2.16. The van der Waals surface area contributed by atoms with Crippen LogP contribution in [-0.2, 0) is 41.7 Å². The third-order valence-corrected chi connectivity index (χ3v) is 6.65. The molecule has 3 amide bonds. The number of carbonyl (C=O) groups excluding carboxylic acids is 5. The predicted molar refractivity (Wildman–Crippen MR) is 158 cm³/mol. The fraction of sp³-hybridized carbons (Fsp3) is 0.219. The molecule has 0 atom stereocenters. The van der Waals surface area contributed by atoms with Gasteiger partial charge in [0.15, 0.2) is 0 Å². The first-order valence-corrected chi connectivity index (χ1v) is 13.6. The Balaban J connectivity index is 1.40. The van der Waals surface area contributed by atoms with E-state index in [2.05, 4.69) is 10.6 Å². The van der Waals surface area contributed by atoms with Crippen molar-refractivity contribution in [2.45, 2.75) is 26.9 Å². The van der Waals surface area contributed by atoms with Crippen LogP contribution in [0.2, 0.25) is 0 Å². The molecule has 228 valence electrons. The molecule has 0 bridgehead atoms. The molecule has 12 nitrogen and oxygen atoms in total. The number of anilines is 1. The van der Waals surface area contributed by atoms with Crippen LogP contribution in [0.3, 0.4) is 0 Å². The lowest BCUT2D eigenvalue weighted by Crippen LogP contribution is -2.34. The number of nitrogens with zero attached hydrogens (tertiary/aromatic N) is 1. The maximum Gasteiger partial charge on any atom is 0.340 e. The number of esters is 2. The summed E-state index contributed by atoms with van der Waals surface area (Å²) in [7, 11) is 2.80. The second-order valence-electron chi connectivity index (χ2n) is 9.49. The number of benzene rings is 2. The number of furan rings is 1. The van der Waals surface area contributed by atoms with Gasteiger partial charge < -0.3 is 34.2 Å². The minimum atomic E-state index is -0.917. The Labute approximate surface area is 253 Å². The molecule has 0 saturated carbocycles. The van der Waals surface area contributed by atoms with E-state index in [-0.39, 0.29) is 36.6 Å². The summed E-state index contributed by atoms with van der Waals surface area (Å²) in [5.41, 5.74) is 2.11. The number of rotatable bonds is 10. The lowest BCUT2D eigenvalue weighted by Gasteiger charge is -2.18. The maximum absolute atomic E-state index is 13.4. The van der Waals surface area contributed by atoms with Gasteiger partial charge in [-0.25, -0.2) is 9.59 Å². The lowest BCUT2D eigenvalue weighted by atomic mass is 10.1. The van der Waals surface area contributed by atoms with Crippen LogP contribution in [0.4, 0.5) is 5.69 Å². The number of amides is 3. The van der Waals surface area contributed by atoms with Crippen LogP contribution >= 0.6 is 0 Å². The SMILES string of the molecule is CCOC(=O)c1ccc(NC(=O)C(=O)NCc2ccc(/C=C3/C(=O)N(Cc4ccc(OC)cc4)C(C)=C3C(=O)OC)o2)cc1. The largest absolute Gasteiger partial charge is 0.497 e. The van der Waals surface area contributed by atoms with Crippen LogP contribution < -0.4 is 15.4 Å². The fourth-order valence-electron chi connectivity index (χ4n) is 4.38. The van der Waals surface area contributed by atoms with E-state index in [4.69, 9.17) is 18.6 Å². The average Bonchev–Trinajstić information content (AvgIpc) is 3.57. The standard InChI is InChI=1S/C32H31N3O9/c1-5-43-31(39)21-8-10-22(11-9-21)34-29(37)28(36)33-17-25-15-14-24(44-25)16-26-27(32(40)42-4)19(2)35(30(26)38)18-20-6-12-23(41-3)13-7-20/h6-16H,5,17-18H2,1-4H3,(H,33,36)(H,34,37)/b26-16+. The van der Waals surface area contributed by atoms with Gasteiger partial charge in [0.2, 0.25) is 0 Å². The minimum absolute atomic E-state index is 0.0983. The molecular formula is C32H31N3O9. The van der Waals surface area contributed by atoms with Gasteiger partial charge in [0.1, 0.15) is 17.3 Å². The zero-order valence-corrected chi connectivity index (χ0v) is 24.6. The molecule has 0 radical (unpaired) electrons. The quantitative estimate of drug-likeness (QED) is 0.202. The van der Waals surface area contributed by atoms with E-state index in [1.54, 1.807) is 45.2 Å². The van der Waals surface area contributed by atoms with Crippen molar-refractivity contribution in [3.63, 3.8) is 0 Å². The molecule has 3 aromatic rings. The number of hydrogen-bond acceptors (Lipinski definition) is 9. The van der Waals surface area contributed by atoms with Gasteiger partial charge in [-0.2, -0.15) is 0 Å². The number of carbonyl (C=O) groups is 5. The van der Waals surface area contributed by atoms with Crippen molar-refractivity contribution >= 4 is 41.4 Å². The van der Waals surface area contributed by atoms with E-state index in [1.165, 1.54) is 42.4 Å². The maximum atomic E-state index is 13.4. The van der Waals surface area contributed by atoms with E-state index in [9.17, 15) is 24.0 Å². The Morgan fingerprint density at radius 3 is 2.25 bits per heavy atom. The average molecular weight is 602 g/mol. The molecule has 12 heteroatoms. The molecule has 4 rings (SSSR count). The van der Waals surface area contributed by atoms with Crippen molar-refractivity contribution in [1.82, 2.24) is 10.2 Å². The van der Waals surface area contributed by atoms with Crippen molar-refractivity contribution in [1.29, 1.82) is 0 Å². The van der Waals surface area contributed by atoms with Crippen LogP contribution in [0.1, 0.15) is 41.3 Å². The highest BCUT2D eigenvalue weighted by molar-refractivity contribution is 6.39. The summed E-state index contributed by atoms with van der Waals surface area (Å²) in [6, 6.07) is 16.3. The first-order valence-electron chi connectivity index (χ1n) is 13.6. The summed E-state index contributed by atoms with van der Waals surface area (Å²) >= 11 is 0. The first kappa shape index (κ1) is 31.3. The number of ether oxygens (including phenoxy) is 3. The van der Waals surface area contributed by atoms with Crippen LogP contribution in [0, 0.1) is 0 Å². The van der Waals surface area contributed by atoms with Crippen molar-refractivity contribution < 1.29 is 42.6 Å². The van der Waals surface area contributed by atoms with Crippen LogP contribution in [-0.4, -0.2) is 55.4 Å². The molecular weight excluding hydrogens is 570 g/mol. The van der Waals surface area contributed by atoms with E-state index < -0.39 is 29.7 Å².